The van der Waals surface area contributed by atoms with Crippen LogP contribution in [-0.2, 0) is 9.47 Å². The van der Waals surface area contributed by atoms with E-state index < -0.39 is 23.6 Å². The van der Waals surface area contributed by atoms with Crippen LogP contribution >= 0.6 is 0 Å². The molecule has 2 aromatic rings. The van der Waals surface area contributed by atoms with Crippen LogP contribution in [-0.4, -0.2) is 26.4 Å². The Morgan fingerprint density at radius 2 is 1.75 bits per heavy atom. The van der Waals surface area contributed by atoms with E-state index in [1.165, 1.54) is 30.3 Å². The zero-order valence-corrected chi connectivity index (χ0v) is 16.1. The summed E-state index contributed by atoms with van der Waals surface area (Å²) in [6.07, 6.45) is 0.901. The average Bonchev–Trinajstić information content (AvgIpc) is 2.70. The summed E-state index contributed by atoms with van der Waals surface area (Å²) in [4.78, 5) is 0. The lowest BCUT2D eigenvalue weighted by Gasteiger charge is -2.29. The number of ether oxygens (including phenoxy) is 3. The quantitative estimate of drug-likeness (QED) is 0.605. The smallest absolute Gasteiger partial charge is 0.167 e. The van der Waals surface area contributed by atoms with E-state index in [0.717, 1.165) is 6.42 Å². The second-order valence-corrected chi connectivity index (χ2v) is 6.83. The molecule has 0 spiro atoms. The molecular formula is C22H25F3O3. The highest BCUT2D eigenvalue weighted by Gasteiger charge is 2.27. The van der Waals surface area contributed by atoms with Gasteiger partial charge in [-0.15, -0.1) is 0 Å². The van der Waals surface area contributed by atoms with Gasteiger partial charge in [-0.05, 0) is 38.8 Å². The largest absolute Gasteiger partial charge is 0.494 e. The van der Waals surface area contributed by atoms with Gasteiger partial charge in [0.1, 0.15) is 11.6 Å². The molecule has 3 nitrogen and oxygen atoms in total. The monoisotopic (exact) mass is 394 g/mol. The third-order valence-electron chi connectivity index (χ3n) is 4.93. The van der Waals surface area contributed by atoms with Crippen molar-refractivity contribution in [1.82, 2.24) is 0 Å². The van der Waals surface area contributed by atoms with Crippen LogP contribution in [0.3, 0.4) is 0 Å². The standard InChI is InChI=1S/C22H25F3O3/c1-3-26-12-14-5-10-20(28-13-14)18-9-8-17(21(24)22(18)25)16-7-6-15(27-4-2)11-19(16)23/h6-9,11,14,20H,3-5,10,12-13H2,1-2H3. The minimum Gasteiger partial charge on any atom is -0.494 e. The van der Waals surface area contributed by atoms with E-state index in [2.05, 4.69) is 0 Å². The second-order valence-electron chi connectivity index (χ2n) is 6.83. The highest BCUT2D eigenvalue weighted by Crippen LogP contribution is 2.36. The SMILES string of the molecule is CCOCC1CCC(c2ccc(-c3ccc(OCC)cc3F)c(F)c2F)OC1. The van der Waals surface area contributed by atoms with Crippen molar-refractivity contribution in [3.63, 3.8) is 0 Å². The minimum atomic E-state index is -1.07. The van der Waals surface area contributed by atoms with Crippen molar-refractivity contribution >= 4 is 0 Å². The van der Waals surface area contributed by atoms with Crippen LogP contribution in [0.15, 0.2) is 30.3 Å². The molecule has 28 heavy (non-hydrogen) atoms. The summed E-state index contributed by atoms with van der Waals surface area (Å²) >= 11 is 0. The second kappa shape index (κ2) is 9.43. The lowest BCUT2D eigenvalue weighted by molar-refractivity contribution is -0.0435. The maximum atomic E-state index is 14.7. The third kappa shape index (κ3) is 4.50. The molecule has 6 heteroatoms. The Kier molecular flexibility index (Phi) is 6.97. The number of benzene rings is 2. The van der Waals surface area contributed by atoms with Crippen molar-refractivity contribution in [2.24, 2.45) is 5.92 Å². The van der Waals surface area contributed by atoms with Crippen molar-refractivity contribution in [2.45, 2.75) is 32.8 Å². The van der Waals surface area contributed by atoms with Crippen molar-refractivity contribution in [3.05, 3.63) is 53.3 Å². The molecule has 3 rings (SSSR count). The van der Waals surface area contributed by atoms with E-state index in [-0.39, 0.29) is 22.6 Å². The number of rotatable bonds is 7. The Hall–Kier alpha value is -2.05. The van der Waals surface area contributed by atoms with Crippen LogP contribution in [0, 0.1) is 23.4 Å². The Labute approximate surface area is 163 Å². The van der Waals surface area contributed by atoms with Crippen LogP contribution in [0.25, 0.3) is 11.1 Å². The zero-order valence-electron chi connectivity index (χ0n) is 16.1. The fraction of sp³-hybridized carbons (Fsp3) is 0.455. The molecule has 0 radical (unpaired) electrons. The van der Waals surface area contributed by atoms with Crippen molar-refractivity contribution in [3.8, 4) is 16.9 Å². The van der Waals surface area contributed by atoms with E-state index in [1.54, 1.807) is 6.92 Å². The molecule has 2 unspecified atom stereocenters. The van der Waals surface area contributed by atoms with Gasteiger partial charge in [0.15, 0.2) is 11.6 Å². The van der Waals surface area contributed by atoms with E-state index in [1.807, 2.05) is 6.92 Å². The lowest BCUT2D eigenvalue weighted by Crippen LogP contribution is -2.25. The molecular weight excluding hydrogens is 369 g/mol. The first-order chi connectivity index (χ1) is 13.5. The maximum Gasteiger partial charge on any atom is 0.167 e. The molecule has 0 N–H and O–H groups in total. The minimum absolute atomic E-state index is 0.00672. The topological polar surface area (TPSA) is 27.7 Å². The molecule has 0 aliphatic carbocycles. The van der Waals surface area contributed by atoms with Crippen molar-refractivity contribution in [1.29, 1.82) is 0 Å². The summed E-state index contributed by atoms with van der Waals surface area (Å²) in [6, 6.07) is 7.00. The predicted molar refractivity (Wildman–Crippen MR) is 101 cm³/mol. The fourth-order valence-electron chi connectivity index (χ4n) is 3.46. The van der Waals surface area contributed by atoms with Gasteiger partial charge in [-0.25, -0.2) is 13.2 Å². The molecule has 0 saturated carbocycles. The molecule has 0 aromatic heterocycles. The number of halogens is 3. The highest BCUT2D eigenvalue weighted by atomic mass is 19.2. The summed E-state index contributed by atoms with van der Waals surface area (Å²) < 4.78 is 60.2. The Morgan fingerprint density at radius 3 is 2.39 bits per heavy atom. The molecule has 2 aromatic carbocycles. The summed E-state index contributed by atoms with van der Waals surface area (Å²) in [5, 5.41) is 0. The predicted octanol–water partition coefficient (Wildman–Crippen LogP) is 5.67. The molecule has 152 valence electrons. The van der Waals surface area contributed by atoms with Gasteiger partial charge in [0.05, 0.1) is 25.9 Å². The highest BCUT2D eigenvalue weighted by molar-refractivity contribution is 5.66. The van der Waals surface area contributed by atoms with E-state index in [9.17, 15) is 13.2 Å². The van der Waals surface area contributed by atoms with Gasteiger partial charge in [0.25, 0.3) is 0 Å². The van der Waals surface area contributed by atoms with E-state index in [0.29, 0.717) is 38.6 Å². The van der Waals surface area contributed by atoms with Crippen LogP contribution in [0.1, 0.15) is 38.4 Å². The van der Waals surface area contributed by atoms with Crippen molar-refractivity contribution in [2.75, 3.05) is 26.4 Å². The van der Waals surface area contributed by atoms with Gasteiger partial charge >= 0.3 is 0 Å². The molecule has 1 heterocycles. The first kappa shape index (κ1) is 20.7. The Morgan fingerprint density at radius 1 is 0.964 bits per heavy atom. The van der Waals surface area contributed by atoms with E-state index >= 15 is 0 Å². The van der Waals surface area contributed by atoms with Gasteiger partial charge < -0.3 is 14.2 Å². The van der Waals surface area contributed by atoms with Gasteiger partial charge in [-0.2, -0.15) is 0 Å². The molecule has 2 atom stereocenters. The molecule has 1 fully saturated rings. The number of hydrogen-bond donors (Lipinski definition) is 0. The van der Waals surface area contributed by atoms with E-state index in [4.69, 9.17) is 14.2 Å². The fourth-order valence-corrected chi connectivity index (χ4v) is 3.46. The van der Waals surface area contributed by atoms with Crippen LogP contribution in [0.2, 0.25) is 0 Å². The van der Waals surface area contributed by atoms with Gasteiger partial charge in [-0.1, -0.05) is 12.1 Å². The average molecular weight is 394 g/mol. The zero-order chi connectivity index (χ0) is 20.1. The molecule has 0 bridgehead atoms. The van der Waals surface area contributed by atoms with Crippen LogP contribution in [0.4, 0.5) is 13.2 Å². The van der Waals surface area contributed by atoms with Gasteiger partial charge in [-0.3, -0.25) is 0 Å². The molecule has 1 saturated heterocycles. The molecule has 1 aliphatic heterocycles. The van der Waals surface area contributed by atoms with Crippen LogP contribution in [0.5, 0.6) is 5.75 Å². The molecule has 1 aliphatic rings. The van der Waals surface area contributed by atoms with Crippen LogP contribution < -0.4 is 4.74 Å². The normalized spacial score (nSPS) is 19.6. The lowest BCUT2D eigenvalue weighted by atomic mass is 9.93. The number of hydrogen-bond acceptors (Lipinski definition) is 3. The first-order valence-electron chi connectivity index (χ1n) is 9.65. The Bertz CT molecular complexity index is 802. The summed E-state index contributed by atoms with van der Waals surface area (Å²) in [6.45, 7) is 5.80. The summed E-state index contributed by atoms with van der Waals surface area (Å²) in [7, 11) is 0. The Balaban J connectivity index is 1.79. The van der Waals surface area contributed by atoms with Gasteiger partial charge in [0, 0.05) is 35.3 Å². The third-order valence-corrected chi connectivity index (χ3v) is 4.93. The molecule has 0 amide bonds. The van der Waals surface area contributed by atoms with Gasteiger partial charge in [0.2, 0.25) is 0 Å². The first-order valence-corrected chi connectivity index (χ1v) is 9.65. The van der Waals surface area contributed by atoms with Crippen molar-refractivity contribution < 1.29 is 27.4 Å². The summed E-state index contributed by atoms with van der Waals surface area (Å²) in [5.41, 5.74) is 0.0435. The maximum absolute atomic E-state index is 14.7. The summed E-state index contributed by atoms with van der Waals surface area (Å²) in [5.74, 6) is -2.11.